The first-order chi connectivity index (χ1) is 11.6. The zero-order valence-corrected chi connectivity index (χ0v) is 13.4. The molecular weight excluding hydrogens is 314 g/mol. The summed E-state index contributed by atoms with van der Waals surface area (Å²) in [5.41, 5.74) is 15.6. The van der Waals surface area contributed by atoms with Crippen LogP contribution in [0, 0.1) is 0 Å². The van der Waals surface area contributed by atoms with Crippen molar-refractivity contribution in [2.75, 3.05) is 30.8 Å². The molecule has 0 saturated carbocycles. The van der Waals surface area contributed by atoms with Crippen LogP contribution in [0.3, 0.4) is 0 Å². The Morgan fingerprint density at radius 2 is 2.38 bits per heavy atom. The van der Waals surface area contributed by atoms with Crippen LogP contribution < -0.4 is 10.6 Å². The molecule has 0 aromatic carbocycles. The number of ether oxygens (including phenoxy) is 1. The Balaban J connectivity index is 2.06. The molecule has 128 valence electrons. The Labute approximate surface area is 137 Å². The van der Waals surface area contributed by atoms with E-state index < -0.39 is 18.4 Å². The zero-order valence-electron chi connectivity index (χ0n) is 13.4. The number of fused-ring (bicyclic) bond motifs is 1. The van der Waals surface area contributed by atoms with Crippen molar-refractivity contribution in [3.8, 4) is 0 Å². The highest BCUT2D eigenvalue weighted by molar-refractivity contribution is 5.85. The summed E-state index contributed by atoms with van der Waals surface area (Å²) in [5, 5.41) is 13.1. The van der Waals surface area contributed by atoms with E-state index in [2.05, 4.69) is 25.0 Å². The molecule has 3 atom stereocenters. The number of hydrogen-bond acceptors (Lipinski definition) is 8. The summed E-state index contributed by atoms with van der Waals surface area (Å²) in [6.07, 6.45) is 1.05. The Bertz CT molecular complexity index is 785. The molecule has 11 nitrogen and oxygen atoms in total. The van der Waals surface area contributed by atoms with E-state index in [1.54, 1.807) is 10.9 Å². The molecule has 24 heavy (non-hydrogen) atoms. The van der Waals surface area contributed by atoms with Gasteiger partial charge in [0.15, 0.2) is 11.5 Å². The van der Waals surface area contributed by atoms with Gasteiger partial charge in [-0.25, -0.2) is 4.98 Å². The lowest BCUT2D eigenvalue weighted by Gasteiger charge is -2.20. The fourth-order valence-corrected chi connectivity index (χ4v) is 2.82. The third-order valence-electron chi connectivity index (χ3n) is 4.16. The van der Waals surface area contributed by atoms with Crippen molar-refractivity contribution < 1.29 is 9.84 Å². The molecule has 1 saturated heterocycles. The average Bonchev–Trinajstić information content (AvgIpc) is 3.17. The Morgan fingerprint density at radius 3 is 3.04 bits per heavy atom. The van der Waals surface area contributed by atoms with Crippen molar-refractivity contribution in [1.82, 2.24) is 19.5 Å². The van der Waals surface area contributed by atoms with Gasteiger partial charge >= 0.3 is 0 Å². The summed E-state index contributed by atoms with van der Waals surface area (Å²) < 4.78 is 7.63. The molecule has 0 bridgehead atoms. The van der Waals surface area contributed by atoms with Crippen LogP contribution in [-0.2, 0) is 4.74 Å². The molecule has 3 N–H and O–H groups in total. The lowest BCUT2D eigenvalue weighted by molar-refractivity contribution is -0.0230. The predicted molar refractivity (Wildman–Crippen MR) is 87.2 cm³/mol. The summed E-state index contributed by atoms with van der Waals surface area (Å²) in [6.45, 7) is 2.50. The molecule has 3 rings (SSSR count). The van der Waals surface area contributed by atoms with Crippen LogP contribution in [0.15, 0.2) is 11.4 Å². The summed E-state index contributed by atoms with van der Waals surface area (Å²) in [6, 6.07) is -0.440. The van der Waals surface area contributed by atoms with E-state index in [-0.39, 0.29) is 12.6 Å². The number of rotatable bonds is 5. The number of nitrogen functional groups attached to an aromatic ring is 1. The van der Waals surface area contributed by atoms with Crippen molar-refractivity contribution in [3.63, 3.8) is 0 Å². The lowest BCUT2D eigenvalue weighted by atomic mass is 10.1. The van der Waals surface area contributed by atoms with Crippen LogP contribution in [0.4, 0.5) is 11.8 Å². The number of aromatic nitrogens is 4. The molecule has 1 unspecified atom stereocenters. The first-order valence-electron chi connectivity index (χ1n) is 7.60. The molecule has 3 heterocycles. The number of aliphatic hydroxyl groups is 1. The highest BCUT2D eigenvalue weighted by atomic mass is 16.5. The molecule has 0 spiro atoms. The number of nitrogens with two attached hydrogens (primary N) is 1. The monoisotopic (exact) mass is 333 g/mol. The average molecular weight is 333 g/mol. The molecule has 1 aliphatic rings. The molecule has 1 aliphatic heterocycles. The second-order valence-corrected chi connectivity index (χ2v) is 5.56. The van der Waals surface area contributed by atoms with E-state index in [0.29, 0.717) is 23.4 Å². The lowest BCUT2D eigenvalue weighted by Crippen LogP contribution is -2.23. The molecule has 0 amide bonds. The minimum Gasteiger partial charge on any atom is -0.394 e. The van der Waals surface area contributed by atoms with Crippen LogP contribution in [0.2, 0.25) is 0 Å². The smallest absolute Gasteiger partial charge is 0.224 e. The molecular formula is C13H19N9O2. The first-order valence-corrected chi connectivity index (χ1v) is 7.60. The quantitative estimate of drug-likeness (QED) is 0.467. The van der Waals surface area contributed by atoms with Crippen LogP contribution in [0.1, 0.15) is 19.6 Å². The minimum atomic E-state index is -0.551. The van der Waals surface area contributed by atoms with E-state index in [0.717, 1.165) is 6.54 Å². The summed E-state index contributed by atoms with van der Waals surface area (Å²) in [4.78, 5) is 17.5. The van der Waals surface area contributed by atoms with E-state index in [1.807, 2.05) is 18.9 Å². The minimum absolute atomic E-state index is 0.149. The highest BCUT2D eigenvalue weighted by Crippen LogP contribution is 2.35. The fourth-order valence-electron chi connectivity index (χ4n) is 2.82. The number of imidazole rings is 1. The second-order valence-electron chi connectivity index (χ2n) is 5.56. The van der Waals surface area contributed by atoms with E-state index in [9.17, 15) is 5.11 Å². The van der Waals surface area contributed by atoms with Crippen molar-refractivity contribution in [3.05, 3.63) is 16.8 Å². The summed E-state index contributed by atoms with van der Waals surface area (Å²) in [7, 11) is 1.90. The summed E-state index contributed by atoms with van der Waals surface area (Å²) >= 11 is 0. The molecule has 2 aromatic heterocycles. The van der Waals surface area contributed by atoms with Gasteiger partial charge in [0.1, 0.15) is 11.7 Å². The number of aliphatic hydroxyl groups excluding tert-OH is 1. The van der Waals surface area contributed by atoms with Gasteiger partial charge in [-0.2, -0.15) is 9.97 Å². The van der Waals surface area contributed by atoms with Crippen LogP contribution in [0.5, 0.6) is 0 Å². The Morgan fingerprint density at radius 1 is 1.58 bits per heavy atom. The van der Waals surface area contributed by atoms with Gasteiger partial charge in [-0.15, -0.1) is 0 Å². The Kier molecular flexibility index (Phi) is 4.38. The normalized spacial score (nSPS) is 23.4. The van der Waals surface area contributed by atoms with Crippen molar-refractivity contribution >= 4 is 22.9 Å². The molecule has 11 heteroatoms. The van der Waals surface area contributed by atoms with Gasteiger partial charge in [-0.1, -0.05) is 5.11 Å². The van der Waals surface area contributed by atoms with Crippen LogP contribution >= 0.6 is 0 Å². The highest BCUT2D eigenvalue weighted by Gasteiger charge is 2.36. The standard InChI is InChI=1S/C13H19N9O2/c1-3-21(2)12-10-11(17-13(14)18-12)16-6-22(10)9-4-7(19-20-15)8(5-23)24-9/h6-9,23H,3-5H2,1-2H3,(H2,14,17,18)/t7?,8-,9-/m1/s1. The third kappa shape index (κ3) is 2.68. The molecule has 0 radical (unpaired) electrons. The predicted octanol–water partition coefficient (Wildman–Crippen LogP) is 0.823. The van der Waals surface area contributed by atoms with Gasteiger partial charge in [-0.05, 0) is 12.5 Å². The summed E-state index contributed by atoms with van der Waals surface area (Å²) in [5.74, 6) is 0.796. The van der Waals surface area contributed by atoms with Crippen LogP contribution in [0.25, 0.3) is 21.6 Å². The number of hydrogen-bond donors (Lipinski definition) is 2. The number of anilines is 2. The van der Waals surface area contributed by atoms with E-state index in [4.69, 9.17) is 16.0 Å². The largest absolute Gasteiger partial charge is 0.394 e. The zero-order chi connectivity index (χ0) is 17.3. The molecule has 2 aromatic rings. The maximum atomic E-state index is 9.43. The van der Waals surface area contributed by atoms with Gasteiger partial charge in [0, 0.05) is 24.9 Å². The SMILES string of the molecule is CCN(C)c1nc(N)nc2ncn([C@H]3CC(N=[N+]=[N-])[C@@H](CO)O3)c12. The number of azide groups is 1. The second kappa shape index (κ2) is 6.48. The maximum absolute atomic E-state index is 9.43. The Hall–Kier alpha value is -2.62. The number of nitrogens with zero attached hydrogens (tertiary/aromatic N) is 8. The molecule has 0 aliphatic carbocycles. The molecule has 1 fully saturated rings. The van der Waals surface area contributed by atoms with Crippen molar-refractivity contribution in [2.24, 2.45) is 5.11 Å². The van der Waals surface area contributed by atoms with Crippen molar-refractivity contribution in [2.45, 2.75) is 31.7 Å². The van der Waals surface area contributed by atoms with Gasteiger partial charge in [0.2, 0.25) is 5.95 Å². The van der Waals surface area contributed by atoms with Crippen LogP contribution in [-0.4, -0.2) is 57.0 Å². The maximum Gasteiger partial charge on any atom is 0.224 e. The van der Waals surface area contributed by atoms with Crippen molar-refractivity contribution in [1.29, 1.82) is 0 Å². The van der Waals surface area contributed by atoms with Gasteiger partial charge < -0.3 is 20.5 Å². The van der Waals surface area contributed by atoms with Gasteiger partial charge in [-0.3, -0.25) is 4.57 Å². The fraction of sp³-hybridized carbons (Fsp3) is 0.615. The first kappa shape index (κ1) is 16.2. The topological polar surface area (TPSA) is 151 Å². The third-order valence-corrected chi connectivity index (χ3v) is 4.16. The van der Waals surface area contributed by atoms with E-state index >= 15 is 0 Å². The van der Waals surface area contributed by atoms with E-state index in [1.165, 1.54) is 0 Å². The van der Waals surface area contributed by atoms with Gasteiger partial charge in [0.25, 0.3) is 0 Å². The van der Waals surface area contributed by atoms with Gasteiger partial charge in [0.05, 0.1) is 25.1 Å².